The molecule has 26 heavy (non-hydrogen) atoms. The number of hydrogen-bond acceptors (Lipinski definition) is 4. The second kappa shape index (κ2) is 6.29. The van der Waals surface area contributed by atoms with E-state index in [1.54, 1.807) is 42.7 Å². The molecule has 7 nitrogen and oxygen atoms in total. The first kappa shape index (κ1) is 15.8. The van der Waals surface area contributed by atoms with Crippen molar-refractivity contribution in [1.82, 2.24) is 15.3 Å². The van der Waals surface area contributed by atoms with E-state index in [1.807, 2.05) is 12.1 Å². The summed E-state index contributed by atoms with van der Waals surface area (Å²) in [5, 5.41) is 6.40. The Balaban J connectivity index is 1.64. The third-order valence-corrected chi connectivity index (χ3v) is 3.95. The summed E-state index contributed by atoms with van der Waals surface area (Å²) in [5.41, 5.74) is 3.39. The molecule has 0 saturated heterocycles. The van der Waals surface area contributed by atoms with Gasteiger partial charge < -0.3 is 15.6 Å². The Bertz CT molecular complexity index is 1080. The van der Waals surface area contributed by atoms with Crippen LogP contribution in [0.3, 0.4) is 0 Å². The lowest BCUT2D eigenvalue weighted by Gasteiger charge is -2.04. The quantitative estimate of drug-likeness (QED) is 0.636. The summed E-state index contributed by atoms with van der Waals surface area (Å²) >= 11 is 0. The molecule has 2 amide bonds. The molecule has 1 aliphatic rings. The molecule has 0 atom stereocenters. The van der Waals surface area contributed by atoms with E-state index in [1.165, 1.54) is 6.92 Å². The normalized spacial score (nSPS) is 15.2. The number of carbonyl (C=O) groups is 2. The number of benzene rings is 1. The van der Waals surface area contributed by atoms with Crippen molar-refractivity contribution in [3.63, 3.8) is 0 Å². The number of H-pyrrole nitrogens is 1. The van der Waals surface area contributed by atoms with Crippen molar-refractivity contribution >= 4 is 40.4 Å². The van der Waals surface area contributed by atoms with Crippen molar-refractivity contribution in [1.29, 1.82) is 0 Å². The monoisotopic (exact) mass is 345 g/mol. The summed E-state index contributed by atoms with van der Waals surface area (Å²) in [5.74, 6) is 0.0838. The summed E-state index contributed by atoms with van der Waals surface area (Å²) in [7, 11) is 0. The Morgan fingerprint density at radius 3 is 2.77 bits per heavy atom. The molecule has 1 aromatic carbocycles. The maximum absolute atomic E-state index is 12.3. The van der Waals surface area contributed by atoms with Crippen molar-refractivity contribution in [2.75, 3.05) is 5.32 Å². The number of anilines is 1. The fraction of sp³-hybridized carbons (Fsp3) is 0.0526. The van der Waals surface area contributed by atoms with Gasteiger partial charge in [-0.15, -0.1) is 0 Å². The second-order valence-corrected chi connectivity index (χ2v) is 5.85. The summed E-state index contributed by atoms with van der Waals surface area (Å²) in [6.45, 7) is 1.45. The van der Waals surface area contributed by atoms with E-state index in [-0.39, 0.29) is 11.8 Å². The second-order valence-electron chi connectivity index (χ2n) is 5.85. The molecule has 0 saturated carbocycles. The SMILES string of the molecule is CC(=O)Nc1ccc(C2=NC(=Cc3c[nH]c4ncccc34)C(=O)N2)cc1. The molecule has 0 radical (unpaired) electrons. The predicted molar refractivity (Wildman–Crippen MR) is 99.5 cm³/mol. The lowest BCUT2D eigenvalue weighted by molar-refractivity contribution is -0.116. The van der Waals surface area contributed by atoms with E-state index >= 15 is 0 Å². The molecule has 0 unspecified atom stereocenters. The molecule has 0 aliphatic carbocycles. The lowest BCUT2D eigenvalue weighted by Crippen LogP contribution is -2.24. The number of nitrogens with one attached hydrogen (secondary N) is 3. The predicted octanol–water partition coefficient (Wildman–Crippen LogP) is 2.44. The van der Waals surface area contributed by atoms with Crippen LogP contribution in [0.4, 0.5) is 5.69 Å². The minimum absolute atomic E-state index is 0.136. The van der Waals surface area contributed by atoms with E-state index in [4.69, 9.17) is 0 Å². The maximum Gasteiger partial charge on any atom is 0.275 e. The standard InChI is InChI=1S/C19H15N5O2/c1-11(25)22-14-6-4-12(5-7-14)17-23-16(19(26)24-17)9-13-10-21-18-15(13)3-2-8-20-18/h2-10H,1H3,(H,20,21)(H,22,25)(H,23,24,26). The molecule has 2 aromatic heterocycles. The van der Waals surface area contributed by atoms with Gasteiger partial charge in [0.15, 0.2) is 0 Å². The van der Waals surface area contributed by atoms with E-state index in [2.05, 4.69) is 25.6 Å². The molecule has 4 rings (SSSR count). The first-order valence-electron chi connectivity index (χ1n) is 8.02. The van der Waals surface area contributed by atoms with Gasteiger partial charge in [0, 0.05) is 41.5 Å². The fourth-order valence-corrected chi connectivity index (χ4v) is 2.76. The number of aliphatic imine (C=N–C) groups is 1. The highest BCUT2D eigenvalue weighted by Crippen LogP contribution is 2.21. The smallest absolute Gasteiger partial charge is 0.275 e. The zero-order valence-corrected chi connectivity index (χ0v) is 13.9. The highest BCUT2D eigenvalue weighted by molar-refractivity contribution is 6.20. The molecule has 3 aromatic rings. The molecule has 7 heteroatoms. The van der Waals surface area contributed by atoms with Crippen LogP contribution in [0.25, 0.3) is 17.1 Å². The van der Waals surface area contributed by atoms with Crippen LogP contribution in [0.5, 0.6) is 0 Å². The van der Waals surface area contributed by atoms with Crippen molar-refractivity contribution in [2.24, 2.45) is 4.99 Å². The maximum atomic E-state index is 12.3. The van der Waals surface area contributed by atoms with Gasteiger partial charge in [0.2, 0.25) is 5.91 Å². The lowest BCUT2D eigenvalue weighted by atomic mass is 10.2. The number of pyridine rings is 1. The largest absolute Gasteiger partial charge is 0.346 e. The van der Waals surface area contributed by atoms with Gasteiger partial charge in [-0.25, -0.2) is 9.98 Å². The number of rotatable bonds is 3. The number of fused-ring (bicyclic) bond motifs is 1. The van der Waals surface area contributed by atoms with E-state index in [0.717, 1.165) is 22.2 Å². The van der Waals surface area contributed by atoms with Crippen LogP contribution < -0.4 is 10.6 Å². The van der Waals surface area contributed by atoms with Crippen molar-refractivity contribution in [3.8, 4) is 0 Å². The van der Waals surface area contributed by atoms with Crippen LogP contribution in [0, 0.1) is 0 Å². The van der Waals surface area contributed by atoms with Gasteiger partial charge in [-0.2, -0.15) is 0 Å². The van der Waals surface area contributed by atoms with Crippen molar-refractivity contribution < 1.29 is 9.59 Å². The summed E-state index contributed by atoms with van der Waals surface area (Å²) < 4.78 is 0. The summed E-state index contributed by atoms with van der Waals surface area (Å²) in [4.78, 5) is 35.0. The van der Waals surface area contributed by atoms with Gasteiger partial charge in [0.25, 0.3) is 5.91 Å². The Kier molecular flexibility index (Phi) is 3.81. The average Bonchev–Trinajstić information content (AvgIpc) is 3.20. The third-order valence-electron chi connectivity index (χ3n) is 3.95. The Labute approximate surface area is 148 Å². The molecule has 1 aliphatic heterocycles. The molecular weight excluding hydrogens is 330 g/mol. The van der Waals surface area contributed by atoms with E-state index in [9.17, 15) is 9.59 Å². The summed E-state index contributed by atoms with van der Waals surface area (Å²) in [6, 6.07) is 10.9. The molecule has 0 spiro atoms. The van der Waals surface area contributed by atoms with Crippen LogP contribution >= 0.6 is 0 Å². The third kappa shape index (κ3) is 2.98. The minimum Gasteiger partial charge on any atom is -0.346 e. The zero-order valence-electron chi connectivity index (χ0n) is 13.9. The molecule has 0 fully saturated rings. The number of amides is 2. The zero-order chi connectivity index (χ0) is 18.1. The van der Waals surface area contributed by atoms with Crippen molar-refractivity contribution in [2.45, 2.75) is 6.92 Å². The number of hydrogen-bond donors (Lipinski definition) is 3. The Hall–Kier alpha value is -3.74. The number of aromatic amines is 1. The molecule has 0 bridgehead atoms. The number of aromatic nitrogens is 2. The van der Waals surface area contributed by atoms with Gasteiger partial charge >= 0.3 is 0 Å². The number of carbonyl (C=O) groups excluding carboxylic acids is 2. The van der Waals surface area contributed by atoms with Crippen LogP contribution in [0.15, 0.2) is 59.5 Å². The van der Waals surface area contributed by atoms with Crippen LogP contribution in [-0.2, 0) is 9.59 Å². The number of amidine groups is 1. The first-order chi connectivity index (χ1) is 12.6. The first-order valence-corrected chi connectivity index (χ1v) is 8.02. The highest BCUT2D eigenvalue weighted by Gasteiger charge is 2.21. The average molecular weight is 345 g/mol. The molecule has 128 valence electrons. The van der Waals surface area contributed by atoms with Crippen molar-refractivity contribution in [3.05, 3.63) is 65.6 Å². The van der Waals surface area contributed by atoms with Gasteiger partial charge in [-0.3, -0.25) is 9.59 Å². The van der Waals surface area contributed by atoms with Gasteiger partial charge in [-0.05, 0) is 42.5 Å². The van der Waals surface area contributed by atoms with Gasteiger partial charge in [0.1, 0.15) is 17.2 Å². The van der Waals surface area contributed by atoms with Crippen LogP contribution in [0.2, 0.25) is 0 Å². The van der Waals surface area contributed by atoms with Crippen LogP contribution in [0.1, 0.15) is 18.1 Å². The van der Waals surface area contributed by atoms with E-state index < -0.39 is 0 Å². The highest BCUT2D eigenvalue weighted by atomic mass is 16.2. The topological polar surface area (TPSA) is 99.2 Å². The van der Waals surface area contributed by atoms with Gasteiger partial charge in [0.05, 0.1) is 0 Å². The Morgan fingerprint density at radius 1 is 1.19 bits per heavy atom. The minimum atomic E-state index is -0.260. The summed E-state index contributed by atoms with van der Waals surface area (Å²) in [6.07, 6.45) is 5.24. The van der Waals surface area contributed by atoms with Gasteiger partial charge in [-0.1, -0.05) is 0 Å². The molecular formula is C19H15N5O2. The number of nitrogens with zero attached hydrogens (tertiary/aromatic N) is 2. The van der Waals surface area contributed by atoms with Crippen LogP contribution in [-0.4, -0.2) is 27.6 Å². The fourth-order valence-electron chi connectivity index (χ4n) is 2.76. The molecule has 3 heterocycles. The van der Waals surface area contributed by atoms with E-state index in [0.29, 0.717) is 17.2 Å². The Morgan fingerprint density at radius 2 is 2.00 bits per heavy atom. The molecule has 3 N–H and O–H groups in total.